The lowest BCUT2D eigenvalue weighted by molar-refractivity contribution is -0.113. The molecule has 1 N–H and O–H groups in total. The molecule has 0 unspecified atom stereocenters. The fourth-order valence-electron chi connectivity index (χ4n) is 3.22. The molecule has 0 saturated heterocycles. The zero-order chi connectivity index (χ0) is 22.5. The molecule has 1 amide bonds. The van der Waals surface area contributed by atoms with Gasteiger partial charge in [-0.15, -0.1) is 0 Å². The number of aryl methyl sites for hydroxylation is 2. The standard InChI is InChI=1S/C26H25N3O2S/c1-18-4-8-20(9-5-18)24-16-29(22-12-14-23(31-3)15-13-22)26(28-24)32-17-25(30)27-21-10-6-19(2)7-11-21/h4-16H,17H2,1-3H3,(H,27,30). The molecule has 6 heteroatoms. The van der Waals surface area contributed by atoms with Crippen molar-refractivity contribution < 1.29 is 9.53 Å². The van der Waals surface area contributed by atoms with E-state index in [0.717, 1.165) is 39.1 Å². The van der Waals surface area contributed by atoms with Crippen LogP contribution in [0.5, 0.6) is 5.75 Å². The number of methoxy groups -OCH3 is 1. The number of benzene rings is 3. The van der Waals surface area contributed by atoms with Crippen LogP contribution in [0.3, 0.4) is 0 Å². The van der Waals surface area contributed by atoms with Crippen molar-refractivity contribution in [3.05, 3.63) is 90.1 Å². The maximum atomic E-state index is 12.5. The van der Waals surface area contributed by atoms with E-state index < -0.39 is 0 Å². The van der Waals surface area contributed by atoms with E-state index in [9.17, 15) is 4.79 Å². The molecule has 1 aromatic heterocycles. The van der Waals surface area contributed by atoms with Crippen molar-refractivity contribution in [2.45, 2.75) is 19.0 Å². The van der Waals surface area contributed by atoms with Crippen LogP contribution in [-0.2, 0) is 4.79 Å². The first-order valence-corrected chi connectivity index (χ1v) is 11.3. The Morgan fingerprint density at radius 3 is 2.19 bits per heavy atom. The van der Waals surface area contributed by atoms with E-state index in [1.807, 2.05) is 66.2 Å². The largest absolute Gasteiger partial charge is 0.497 e. The highest BCUT2D eigenvalue weighted by molar-refractivity contribution is 7.99. The van der Waals surface area contributed by atoms with Crippen LogP contribution < -0.4 is 10.1 Å². The number of hydrogen-bond donors (Lipinski definition) is 1. The van der Waals surface area contributed by atoms with Crippen molar-refractivity contribution in [2.24, 2.45) is 0 Å². The molecule has 4 rings (SSSR count). The molecule has 0 spiro atoms. The fourth-order valence-corrected chi connectivity index (χ4v) is 4.01. The molecule has 0 radical (unpaired) electrons. The molecule has 0 atom stereocenters. The van der Waals surface area contributed by atoms with Crippen LogP contribution >= 0.6 is 11.8 Å². The Hall–Kier alpha value is -3.51. The van der Waals surface area contributed by atoms with Gasteiger partial charge in [-0.1, -0.05) is 59.3 Å². The average Bonchev–Trinajstić information content (AvgIpc) is 3.24. The SMILES string of the molecule is COc1ccc(-n2cc(-c3ccc(C)cc3)nc2SCC(=O)Nc2ccc(C)cc2)cc1. The number of imidazole rings is 1. The third-order valence-electron chi connectivity index (χ3n) is 5.04. The Kier molecular flexibility index (Phi) is 6.61. The maximum Gasteiger partial charge on any atom is 0.234 e. The molecular weight excluding hydrogens is 418 g/mol. The summed E-state index contributed by atoms with van der Waals surface area (Å²) in [7, 11) is 1.65. The Bertz CT molecular complexity index is 1200. The average molecular weight is 444 g/mol. The van der Waals surface area contributed by atoms with Gasteiger partial charge in [0.2, 0.25) is 5.91 Å². The highest BCUT2D eigenvalue weighted by Crippen LogP contribution is 2.28. The number of rotatable bonds is 7. The van der Waals surface area contributed by atoms with E-state index in [1.54, 1.807) is 7.11 Å². The molecule has 5 nitrogen and oxygen atoms in total. The number of nitrogens with one attached hydrogen (secondary N) is 1. The predicted molar refractivity (Wildman–Crippen MR) is 131 cm³/mol. The second kappa shape index (κ2) is 9.75. The maximum absolute atomic E-state index is 12.5. The highest BCUT2D eigenvalue weighted by Gasteiger charge is 2.14. The lowest BCUT2D eigenvalue weighted by atomic mass is 10.1. The fraction of sp³-hybridized carbons (Fsp3) is 0.154. The van der Waals surface area contributed by atoms with Crippen molar-refractivity contribution in [1.82, 2.24) is 9.55 Å². The number of anilines is 1. The number of thioether (sulfide) groups is 1. The number of carbonyl (C=O) groups excluding carboxylic acids is 1. The Labute approximate surface area is 192 Å². The Balaban J connectivity index is 1.57. The summed E-state index contributed by atoms with van der Waals surface area (Å²) in [5.74, 6) is 0.980. The van der Waals surface area contributed by atoms with Gasteiger partial charge in [0.1, 0.15) is 5.75 Å². The van der Waals surface area contributed by atoms with E-state index >= 15 is 0 Å². The predicted octanol–water partition coefficient (Wildman–Crippen LogP) is 5.90. The monoisotopic (exact) mass is 443 g/mol. The molecule has 1 heterocycles. The first-order chi connectivity index (χ1) is 15.5. The molecule has 0 saturated carbocycles. The molecule has 0 bridgehead atoms. The minimum absolute atomic E-state index is 0.0694. The van der Waals surface area contributed by atoms with Gasteiger partial charge < -0.3 is 10.1 Å². The first-order valence-electron chi connectivity index (χ1n) is 10.3. The summed E-state index contributed by atoms with van der Waals surface area (Å²) in [6, 6.07) is 23.8. The van der Waals surface area contributed by atoms with Crippen molar-refractivity contribution >= 4 is 23.4 Å². The summed E-state index contributed by atoms with van der Waals surface area (Å²) in [6.07, 6.45) is 2.01. The zero-order valence-electron chi connectivity index (χ0n) is 18.3. The zero-order valence-corrected chi connectivity index (χ0v) is 19.1. The van der Waals surface area contributed by atoms with Crippen LogP contribution in [0.1, 0.15) is 11.1 Å². The van der Waals surface area contributed by atoms with Gasteiger partial charge in [-0.3, -0.25) is 9.36 Å². The van der Waals surface area contributed by atoms with Crippen LogP contribution in [0.4, 0.5) is 5.69 Å². The van der Waals surface area contributed by atoms with Gasteiger partial charge in [-0.2, -0.15) is 0 Å². The molecule has 0 fully saturated rings. The van der Waals surface area contributed by atoms with Crippen molar-refractivity contribution in [1.29, 1.82) is 0 Å². The van der Waals surface area contributed by atoms with Gasteiger partial charge in [0.25, 0.3) is 0 Å². The van der Waals surface area contributed by atoms with E-state index in [0.29, 0.717) is 0 Å². The minimum Gasteiger partial charge on any atom is -0.497 e. The molecular formula is C26H25N3O2S. The van der Waals surface area contributed by atoms with Crippen molar-refractivity contribution in [2.75, 3.05) is 18.2 Å². The lowest BCUT2D eigenvalue weighted by Gasteiger charge is -2.09. The van der Waals surface area contributed by atoms with Crippen molar-refractivity contribution in [3.8, 4) is 22.7 Å². The third-order valence-corrected chi connectivity index (χ3v) is 5.99. The van der Waals surface area contributed by atoms with Gasteiger partial charge in [0, 0.05) is 23.1 Å². The van der Waals surface area contributed by atoms with Gasteiger partial charge >= 0.3 is 0 Å². The number of aromatic nitrogens is 2. The van der Waals surface area contributed by atoms with E-state index in [4.69, 9.17) is 9.72 Å². The van der Waals surface area contributed by atoms with Crippen LogP contribution in [-0.4, -0.2) is 28.3 Å². The van der Waals surface area contributed by atoms with E-state index in [2.05, 4.69) is 36.5 Å². The van der Waals surface area contributed by atoms with Crippen molar-refractivity contribution in [3.63, 3.8) is 0 Å². The number of hydrogen-bond acceptors (Lipinski definition) is 4. The molecule has 3 aromatic carbocycles. The molecule has 0 aliphatic carbocycles. The number of ether oxygens (including phenoxy) is 1. The normalized spacial score (nSPS) is 10.7. The summed E-state index contributed by atoms with van der Waals surface area (Å²) in [6.45, 7) is 4.08. The summed E-state index contributed by atoms with van der Waals surface area (Å²) in [5.41, 5.74) is 6.00. The van der Waals surface area contributed by atoms with Gasteiger partial charge in [0.05, 0.1) is 18.6 Å². The molecule has 32 heavy (non-hydrogen) atoms. The topological polar surface area (TPSA) is 56.2 Å². The minimum atomic E-state index is -0.0694. The summed E-state index contributed by atoms with van der Waals surface area (Å²) >= 11 is 1.41. The van der Waals surface area contributed by atoms with Crippen LogP contribution in [0.15, 0.2) is 84.1 Å². The van der Waals surface area contributed by atoms with E-state index in [-0.39, 0.29) is 11.7 Å². The third kappa shape index (κ3) is 5.21. The van der Waals surface area contributed by atoms with Crippen LogP contribution in [0, 0.1) is 13.8 Å². The number of carbonyl (C=O) groups is 1. The second-order valence-corrected chi connectivity index (χ2v) is 8.49. The summed E-state index contributed by atoms with van der Waals surface area (Å²) < 4.78 is 7.29. The smallest absolute Gasteiger partial charge is 0.234 e. The number of amides is 1. The summed E-state index contributed by atoms with van der Waals surface area (Å²) in [4.78, 5) is 17.4. The highest BCUT2D eigenvalue weighted by atomic mass is 32.2. The van der Waals surface area contributed by atoms with Gasteiger partial charge in [0.15, 0.2) is 5.16 Å². The molecule has 162 valence electrons. The second-order valence-electron chi connectivity index (χ2n) is 7.55. The quantitative estimate of drug-likeness (QED) is 0.362. The van der Waals surface area contributed by atoms with E-state index in [1.165, 1.54) is 17.3 Å². The lowest BCUT2D eigenvalue weighted by Crippen LogP contribution is -2.14. The summed E-state index contributed by atoms with van der Waals surface area (Å²) in [5, 5.41) is 3.70. The van der Waals surface area contributed by atoms with Gasteiger partial charge in [-0.25, -0.2) is 4.98 Å². The molecule has 0 aliphatic rings. The first kappa shape index (κ1) is 21.7. The number of nitrogens with zero attached hydrogens (tertiary/aromatic N) is 2. The Morgan fingerprint density at radius 1 is 0.938 bits per heavy atom. The van der Waals surface area contributed by atoms with Crippen LogP contribution in [0.2, 0.25) is 0 Å². The van der Waals surface area contributed by atoms with Crippen LogP contribution in [0.25, 0.3) is 16.9 Å². The molecule has 0 aliphatic heterocycles. The Morgan fingerprint density at radius 2 is 1.56 bits per heavy atom. The van der Waals surface area contributed by atoms with Gasteiger partial charge in [-0.05, 0) is 50.2 Å². The molecule has 4 aromatic rings.